The van der Waals surface area contributed by atoms with Crippen LogP contribution in [0.3, 0.4) is 0 Å². The lowest BCUT2D eigenvalue weighted by atomic mass is 9.81. The van der Waals surface area contributed by atoms with E-state index in [1.165, 1.54) is 6.92 Å². The van der Waals surface area contributed by atoms with Crippen LogP contribution in [0.1, 0.15) is 20.3 Å². The third-order valence-electron chi connectivity index (χ3n) is 3.98. The number of carbonyl (C=O) groups excluding carboxylic acids is 1. The van der Waals surface area contributed by atoms with E-state index in [1.54, 1.807) is 0 Å². The van der Waals surface area contributed by atoms with Gasteiger partial charge in [0.05, 0.1) is 6.61 Å². The van der Waals surface area contributed by atoms with E-state index in [0.717, 1.165) is 0 Å². The van der Waals surface area contributed by atoms with Gasteiger partial charge in [0, 0.05) is 5.57 Å². The molecule has 0 heterocycles. The second-order valence-electron chi connectivity index (χ2n) is 6.54. The van der Waals surface area contributed by atoms with Gasteiger partial charge in [-0.1, -0.05) is 6.92 Å². The van der Waals surface area contributed by atoms with Crippen LogP contribution in [-0.2, 0) is 9.53 Å². The van der Waals surface area contributed by atoms with Crippen molar-refractivity contribution in [3.63, 3.8) is 0 Å². The first kappa shape index (κ1) is 32.0. The van der Waals surface area contributed by atoms with E-state index < -0.39 is 71.9 Å². The number of alkyl halides is 17. The average molecular weight is 546 g/mol. The van der Waals surface area contributed by atoms with Crippen LogP contribution in [0.4, 0.5) is 74.6 Å². The summed E-state index contributed by atoms with van der Waals surface area (Å²) in [5.41, 5.74) is -9.64. The van der Waals surface area contributed by atoms with Gasteiger partial charge in [-0.05, 0) is 19.4 Å². The Morgan fingerprint density at radius 2 is 0.971 bits per heavy atom. The fourth-order valence-corrected chi connectivity index (χ4v) is 2.05. The van der Waals surface area contributed by atoms with Crippen LogP contribution in [-0.4, -0.2) is 60.2 Å². The lowest BCUT2D eigenvalue weighted by Gasteiger charge is -2.44. The Morgan fingerprint density at radius 3 is 1.29 bits per heavy atom. The molecular formula is C15H11F17O2. The Kier molecular flexibility index (Phi) is 8.39. The van der Waals surface area contributed by atoms with Gasteiger partial charge in [-0.25, -0.2) is 9.18 Å². The van der Waals surface area contributed by atoms with Gasteiger partial charge in [-0.15, -0.1) is 0 Å². The number of rotatable bonds is 9. The summed E-state index contributed by atoms with van der Waals surface area (Å²) in [6.45, 7) is 0.373. The van der Waals surface area contributed by atoms with Crippen molar-refractivity contribution in [1.82, 2.24) is 0 Å². The quantitative estimate of drug-likeness (QED) is 0.179. The van der Waals surface area contributed by atoms with Gasteiger partial charge in [0.25, 0.3) is 5.67 Å². The van der Waals surface area contributed by atoms with Crippen molar-refractivity contribution in [2.45, 2.75) is 67.9 Å². The first-order valence-corrected chi connectivity index (χ1v) is 8.19. The monoisotopic (exact) mass is 546 g/mol. The summed E-state index contributed by atoms with van der Waals surface area (Å²) in [7, 11) is 0. The van der Waals surface area contributed by atoms with E-state index in [2.05, 4.69) is 4.74 Å². The van der Waals surface area contributed by atoms with Crippen molar-refractivity contribution in [3.05, 3.63) is 11.6 Å². The van der Waals surface area contributed by atoms with Gasteiger partial charge >= 0.3 is 47.9 Å². The highest BCUT2D eigenvalue weighted by atomic mass is 19.4. The first-order valence-electron chi connectivity index (χ1n) is 8.19. The topological polar surface area (TPSA) is 26.3 Å². The fourth-order valence-electron chi connectivity index (χ4n) is 2.05. The molecule has 0 N–H and O–H groups in total. The van der Waals surface area contributed by atoms with E-state index in [1.807, 2.05) is 0 Å². The minimum absolute atomic E-state index is 0.102. The summed E-state index contributed by atoms with van der Waals surface area (Å²) in [5, 5.41) is 0. The predicted octanol–water partition coefficient (Wildman–Crippen LogP) is 6.90. The van der Waals surface area contributed by atoms with Crippen LogP contribution in [0.2, 0.25) is 0 Å². The molecule has 0 aliphatic heterocycles. The molecule has 0 saturated heterocycles. The molecule has 2 nitrogen and oxygen atoms in total. The zero-order valence-electron chi connectivity index (χ0n) is 16.2. The minimum atomic E-state index is -8.58. The number of halogens is 17. The van der Waals surface area contributed by atoms with Gasteiger partial charge in [0.15, 0.2) is 0 Å². The van der Waals surface area contributed by atoms with E-state index in [-0.39, 0.29) is 13.3 Å². The Labute approximate surface area is 177 Å². The molecule has 202 valence electrons. The van der Waals surface area contributed by atoms with Crippen LogP contribution in [0.5, 0.6) is 0 Å². The molecule has 1 atom stereocenters. The Balaban J connectivity index is 7.32. The highest BCUT2D eigenvalue weighted by Crippen LogP contribution is 2.64. The van der Waals surface area contributed by atoms with E-state index in [9.17, 15) is 79.4 Å². The normalized spacial score (nSPS) is 17.4. The summed E-state index contributed by atoms with van der Waals surface area (Å²) in [5.74, 6) is -43.7. The number of hydrogen-bond acceptors (Lipinski definition) is 2. The van der Waals surface area contributed by atoms with Crippen molar-refractivity contribution < 1.29 is 84.2 Å². The van der Waals surface area contributed by atoms with Crippen LogP contribution in [0.25, 0.3) is 0 Å². The lowest BCUT2D eigenvalue weighted by Crippen LogP contribution is -2.75. The number of hydrogen-bond donors (Lipinski definition) is 0. The van der Waals surface area contributed by atoms with Gasteiger partial charge in [-0.2, -0.15) is 70.2 Å². The summed E-state index contributed by atoms with van der Waals surface area (Å²) < 4.78 is 228. The molecule has 0 fully saturated rings. The molecular weight excluding hydrogens is 535 g/mol. The second kappa shape index (κ2) is 8.91. The molecule has 0 saturated carbocycles. The maximum absolute atomic E-state index is 14.6. The molecule has 0 spiro atoms. The third kappa shape index (κ3) is 4.61. The van der Waals surface area contributed by atoms with Crippen LogP contribution < -0.4 is 0 Å². The molecule has 34 heavy (non-hydrogen) atoms. The molecule has 1 unspecified atom stereocenters. The number of ether oxygens (including phenoxy) is 1. The van der Waals surface area contributed by atoms with Crippen molar-refractivity contribution in [2.24, 2.45) is 0 Å². The largest absolute Gasteiger partial charge is 0.462 e. The Morgan fingerprint density at radius 1 is 0.618 bits per heavy atom. The second-order valence-corrected chi connectivity index (χ2v) is 6.54. The molecule has 0 rings (SSSR count). The SMILES string of the molecule is CCCOC(=O)C(C)=CC(F)(C(F)(F)C(F)(F)F)C(F)(F)C(F)(F)C(F)(F)C(F)(F)C(F)(F)F. The zero-order valence-corrected chi connectivity index (χ0v) is 16.2. The maximum Gasteiger partial charge on any atom is 0.460 e. The number of allylic oxidation sites excluding steroid dienone is 1. The fraction of sp³-hybridized carbons (Fsp3) is 0.800. The summed E-state index contributed by atoms with van der Waals surface area (Å²) >= 11 is 0. The zero-order chi connectivity index (χ0) is 28.0. The van der Waals surface area contributed by atoms with E-state index in [4.69, 9.17) is 0 Å². The molecule has 0 aromatic carbocycles. The van der Waals surface area contributed by atoms with Crippen LogP contribution in [0, 0.1) is 0 Å². The smallest absolute Gasteiger partial charge is 0.460 e. The molecule has 0 radical (unpaired) electrons. The molecule has 0 aromatic rings. The summed E-state index contributed by atoms with van der Waals surface area (Å²) in [4.78, 5) is 11.4. The van der Waals surface area contributed by atoms with Gasteiger partial charge in [-0.3, -0.25) is 0 Å². The summed E-state index contributed by atoms with van der Waals surface area (Å²) in [6, 6.07) is 0. The Hall–Kier alpha value is -1.98. The highest BCUT2D eigenvalue weighted by molar-refractivity contribution is 5.88. The standard InChI is InChI=1S/C15H11F17O2/c1-3-4-34-7(33)6(2)5-8(16,10(19,20)14(27,28)29)9(17,18)11(21,22)12(23,24)13(25,26)15(30,31)32/h5H,3-4H2,1-2H3. The first-order chi connectivity index (χ1) is 14.6. The van der Waals surface area contributed by atoms with Crippen molar-refractivity contribution in [2.75, 3.05) is 6.61 Å². The van der Waals surface area contributed by atoms with E-state index >= 15 is 0 Å². The third-order valence-corrected chi connectivity index (χ3v) is 3.98. The van der Waals surface area contributed by atoms with Crippen molar-refractivity contribution in [3.8, 4) is 0 Å². The van der Waals surface area contributed by atoms with E-state index in [0.29, 0.717) is 0 Å². The minimum Gasteiger partial charge on any atom is -0.462 e. The van der Waals surface area contributed by atoms with Gasteiger partial charge < -0.3 is 4.74 Å². The van der Waals surface area contributed by atoms with Crippen molar-refractivity contribution in [1.29, 1.82) is 0 Å². The molecule has 0 amide bonds. The summed E-state index contributed by atoms with van der Waals surface area (Å²) in [6.07, 6.45) is -17.6. The van der Waals surface area contributed by atoms with Crippen LogP contribution in [0.15, 0.2) is 11.6 Å². The molecule has 0 aliphatic rings. The van der Waals surface area contributed by atoms with Crippen LogP contribution >= 0.6 is 0 Å². The molecule has 19 heteroatoms. The number of esters is 1. The highest BCUT2D eigenvalue weighted by Gasteiger charge is 2.94. The van der Waals surface area contributed by atoms with Gasteiger partial charge in [0.1, 0.15) is 0 Å². The average Bonchev–Trinajstić information content (AvgIpc) is 2.63. The molecule has 0 aliphatic carbocycles. The van der Waals surface area contributed by atoms with Crippen molar-refractivity contribution >= 4 is 5.97 Å². The number of carbonyl (C=O) groups is 1. The molecule has 0 bridgehead atoms. The lowest BCUT2D eigenvalue weighted by molar-refractivity contribution is -0.446. The maximum atomic E-state index is 14.6. The van der Waals surface area contributed by atoms with Gasteiger partial charge in [0.2, 0.25) is 0 Å². The predicted molar refractivity (Wildman–Crippen MR) is 75.7 cm³/mol. The molecule has 0 aromatic heterocycles. The Bertz CT molecular complexity index is 777.